The third-order valence-corrected chi connectivity index (χ3v) is 5.70. The Balaban J connectivity index is 1.98. The first-order valence-electron chi connectivity index (χ1n) is 12.3. The molecular weight excluding hydrogens is 358 g/mol. The Kier molecular flexibility index (Phi) is 15.3. The van der Waals surface area contributed by atoms with Crippen LogP contribution in [0.15, 0.2) is 6.33 Å². The number of hydrogen-bond acceptors (Lipinski definition) is 5. The third-order valence-electron chi connectivity index (χ3n) is 5.70. The van der Waals surface area contributed by atoms with Gasteiger partial charge < -0.3 is 16.4 Å². The van der Waals surface area contributed by atoms with Crippen molar-refractivity contribution in [2.24, 2.45) is 0 Å². The second-order valence-electron chi connectivity index (χ2n) is 8.46. The molecule has 0 bridgehead atoms. The van der Waals surface area contributed by atoms with E-state index in [-0.39, 0.29) is 0 Å². The molecule has 0 spiro atoms. The van der Waals surface area contributed by atoms with E-state index < -0.39 is 0 Å². The Morgan fingerprint density at radius 3 is 1.76 bits per heavy atom. The number of nitrogens with zero attached hydrogens (tertiary/aromatic N) is 2. The van der Waals surface area contributed by atoms with E-state index in [0.29, 0.717) is 11.7 Å². The molecule has 1 aromatic rings. The van der Waals surface area contributed by atoms with E-state index in [1.165, 1.54) is 83.5 Å². The summed E-state index contributed by atoms with van der Waals surface area (Å²) in [6.07, 6.45) is 21.9. The highest BCUT2D eigenvalue weighted by molar-refractivity contribution is 5.74. The first kappa shape index (κ1) is 25.5. The Labute approximate surface area is 180 Å². The molecule has 1 atom stereocenters. The van der Waals surface area contributed by atoms with Crippen LogP contribution in [0.2, 0.25) is 0 Å². The van der Waals surface area contributed by atoms with Gasteiger partial charge in [-0.05, 0) is 19.8 Å². The Morgan fingerprint density at radius 2 is 1.24 bits per heavy atom. The van der Waals surface area contributed by atoms with Gasteiger partial charge in [-0.15, -0.1) is 0 Å². The van der Waals surface area contributed by atoms with Crippen molar-refractivity contribution < 1.29 is 0 Å². The number of aromatic nitrogens is 2. The highest BCUT2D eigenvalue weighted by Gasteiger charge is 2.09. The molecule has 0 aliphatic heterocycles. The molecule has 0 aliphatic carbocycles. The van der Waals surface area contributed by atoms with Crippen molar-refractivity contribution in [1.29, 1.82) is 0 Å². The summed E-state index contributed by atoms with van der Waals surface area (Å²) >= 11 is 0. The third kappa shape index (κ3) is 12.6. The number of unbranched alkanes of at least 4 members (excludes halogenated alkanes) is 13. The lowest BCUT2D eigenvalue weighted by Gasteiger charge is -2.15. The molecule has 4 N–H and O–H groups in total. The molecule has 1 unspecified atom stereocenters. The molecule has 1 aromatic heterocycles. The SMILES string of the molecule is CCCCCCCCCCCCCCCCNc1ncnc(NC(C)CC)c1N. The second-order valence-corrected chi connectivity index (χ2v) is 8.46. The Bertz CT molecular complexity index is 506. The largest absolute Gasteiger partial charge is 0.393 e. The summed E-state index contributed by atoms with van der Waals surface area (Å²) in [7, 11) is 0. The van der Waals surface area contributed by atoms with Gasteiger partial charge in [0.15, 0.2) is 11.6 Å². The van der Waals surface area contributed by atoms with Crippen molar-refractivity contribution >= 4 is 17.3 Å². The van der Waals surface area contributed by atoms with Gasteiger partial charge in [0.25, 0.3) is 0 Å². The van der Waals surface area contributed by atoms with Crippen molar-refractivity contribution in [1.82, 2.24) is 9.97 Å². The summed E-state index contributed by atoms with van der Waals surface area (Å²) in [5.41, 5.74) is 6.82. The van der Waals surface area contributed by atoms with E-state index in [2.05, 4.69) is 41.4 Å². The number of hydrogen-bond donors (Lipinski definition) is 3. The predicted octanol–water partition coefficient (Wildman–Crippen LogP) is 7.16. The number of nitrogen functional groups attached to an aromatic ring is 1. The number of nitrogens with one attached hydrogen (secondary N) is 2. The molecule has 168 valence electrons. The second kappa shape index (κ2) is 17.3. The number of nitrogens with two attached hydrogens (primary N) is 1. The minimum absolute atomic E-state index is 0.353. The van der Waals surface area contributed by atoms with Gasteiger partial charge in [0.1, 0.15) is 12.0 Å². The van der Waals surface area contributed by atoms with Crippen LogP contribution < -0.4 is 16.4 Å². The van der Waals surface area contributed by atoms with Crippen LogP contribution in [0.25, 0.3) is 0 Å². The predicted molar refractivity (Wildman–Crippen MR) is 129 cm³/mol. The lowest BCUT2D eigenvalue weighted by molar-refractivity contribution is 0.537. The van der Waals surface area contributed by atoms with Crippen LogP contribution in [-0.2, 0) is 0 Å². The molecule has 29 heavy (non-hydrogen) atoms. The zero-order valence-electron chi connectivity index (χ0n) is 19.4. The lowest BCUT2D eigenvalue weighted by atomic mass is 10.0. The molecule has 0 radical (unpaired) electrons. The van der Waals surface area contributed by atoms with Gasteiger partial charge in [0, 0.05) is 12.6 Å². The molecule has 0 fully saturated rings. The van der Waals surface area contributed by atoms with Gasteiger partial charge in [-0.1, -0.05) is 97.3 Å². The van der Waals surface area contributed by atoms with E-state index in [9.17, 15) is 0 Å². The average Bonchev–Trinajstić information content (AvgIpc) is 2.73. The number of rotatable bonds is 19. The smallest absolute Gasteiger partial charge is 0.155 e. The van der Waals surface area contributed by atoms with Crippen LogP contribution in [0.3, 0.4) is 0 Å². The quantitative estimate of drug-likeness (QED) is 0.213. The summed E-state index contributed by atoms with van der Waals surface area (Å²) in [5, 5.41) is 6.71. The molecule has 5 heteroatoms. The van der Waals surface area contributed by atoms with Crippen molar-refractivity contribution in [2.75, 3.05) is 22.9 Å². The van der Waals surface area contributed by atoms with Gasteiger partial charge in [-0.2, -0.15) is 0 Å². The summed E-state index contributed by atoms with van der Waals surface area (Å²) in [4.78, 5) is 8.55. The Morgan fingerprint density at radius 1 is 0.759 bits per heavy atom. The van der Waals surface area contributed by atoms with Gasteiger partial charge in [0.2, 0.25) is 0 Å². The zero-order chi connectivity index (χ0) is 21.2. The van der Waals surface area contributed by atoms with Crippen LogP contribution >= 0.6 is 0 Å². The minimum atomic E-state index is 0.353. The van der Waals surface area contributed by atoms with Gasteiger partial charge in [-0.25, -0.2) is 9.97 Å². The highest BCUT2D eigenvalue weighted by atomic mass is 15.1. The fourth-order valence-corrected chi connectivity index (χ4v) is 3.51. The van der Waals surface area contributed by atoms with E-state index in [0.717, 1.165) is 31.0 Å². The van der Waals surface area contributed by atoms with Crippen molar-refractivity contribution in [3.05, 3.63) is 6.33 Å². The van der Waals surface area contributed by atoms with Crippen molar-refractivity contribution in [2.45, 2.75) is 123 Å². The average molecular weight is 406 g/mol. The maximum Gasteiger partial charge on any atom is 0.155 e. The van der Waals surface area contributed by atoms with Gasteiger partial charge in [0.05, 0.1) is 0 Å². The van der Waals surface area contributed by atoms with E-state index in [1.807, 2.05) is 0 Å². The Hall–Kier alpha value is -1.52. The normalized spacial score (nSPS) is 12.1. The summed E-state index contributed by atoms with van der Waals surface area (Å²) in [5.74, 6) is 1.48. The van der Waals surface area contributed by atoms with Crippen LogP contribution in [0.1, 0.15) is 117 Å². The zero-order valence-corrected chi connectivity index (χ0v) is 19.4. The molecule has 0 amide bonds. The molecule has 0 aliphatic rings. The van der Waals surface area contributed by atoms with Crippen molar-refractivity contribution in [3.8, 4) is 0 Å². The molecule has 0 saturated carbocycles. The monoisotopic (exact) mass is 405 g/mol. The minimum Gasteiger partial charge on any atom is -0.393 e. The highest BCUT2D eigenvalue weighted by Crippen LogP contribution is 2.23. The van der Waals surface area contributed by atoms with E-state index in [1.54, 1.807) is 6.33 Å². The summed E-state index contributed by atoms with van der Waals surface area (Å²) in [6, 6.07) is 0.353. The van der Waals surface area contributed by atoms with Crippen LogP contribution in [0.5, 0.6) is 0 Å². The summed E-state index contributed by atoms with van der Waals surface area (Å²) in [6.45, 7) is 7.47. The van der Waals surface area contributed by atoms with E-state index in [4.69, 9.17) is 5.73 Å². The fourth-order valence-electron chi connectivity index (χ4n) is 3.51. The van der Waals surface area contributed by atoms with E-state index >= 15 is 0 Å². The lowest BCUT2D eigenvalue weighted by Crippen LogP contribution is -2.17. The maximum absolute atomic E-state index is 6.20. The van der Waals surface area contributed by atoms with Crippen LogP contribution in [0.4, 0.5) is 17.3 Å². The molecule has 1 rings (SSSR count). The molecule has 0 aromatic carbocycles. The topological polar surface area (TPSA) is 75.9 Å². The van der Waals surface area contributed by atoms with Crippen LogP contribution in [0, 0.1) is 0 Å². The summed E-state index contributed by atoms with van der Waals surface area (Å²) < 4.78 is 0. The molecule has 0 saturated heterocycles. The fraction of sp³-hybridized carbons (Fsp3) is 0.833. The molecule has 1 heterocycles. The first-order valence-corrected chi connectivity index (χ1v) is 12.3. The standard InChI is InChI=1S/C24H47N5/c1-4-6-7-8-9-10-11-12-13-14-15-16-17-18-19-26-23-22(25)24(28-20-27-23)29-21(3)5-2/h20-21H,4-19,25H2,1-3H3,(H2,26,27,28,29). The number of anilines is 3. The van der Waals surface area contributed by atoms with Gasteiger partial charge >= 0.3 is 0 Å². The van der Waals surface area contributed by atoms with Crippen LogP contribution in [-0.4, -0.2) is 22.6 Å². The first-order chi connectivity index (χ1) is 14.2. The maximum atomic E-state index is 6.20. The molecular formula is C24H47N5. The van der Waals surface area contributed by atoms with Crippen molar-refractivity contribution in [3.63, 3.8) is 0 Å². The van der Waals surface area contributed by atoms with Gasteiger partial charge in [-0.3, -0.25) is 0 Å². The molecule has 5 nitrogen and oxygen atoms in total.